The number of halogens is 1. The minimum Gasteiger partial charge on any atom is -0.472 e. The lowest BCUT2D eigenvalue weighted by molar-refractivity contribution is -0.00597. The van der Waals surface area contributed by atoms with Crippen LogP contribution in [0.3, 0.4) is 0 Å². The molecule has 1 aromatic rings. The Labute approximate surface area is 142 Å². The molecule has 3 heterocycles. The average Bonchev–Trinajstić information content (AvgIpc) is 2.57. The zero-order valence-corrected chi connectivity index (χ0v) is 14.1. The second kappa shape index (κ2) is 8.80. The molecule has 128 valence electrons. The van der Waals surface area contributed by atoms with Gasteiger partial charge in [-0.05, 0) is 6.07 Å². The lowest BCUT2D eigenvalue weighted by Gasteiger charge is -2.34. The van der Waals surface area contributed by atoms with E-state index in [9.17, 15) is 0 Å². The Kier molecular flexibility index (Phi) is 6.47. The van der Waals surface area contributed by atoms with Crippen LogP contribution < -0.4 is 4.74 Å². The lowest BCUT2D eigenvalue weighted by Crippen LogP contribution is -2.49. The number of rotatable bonds is 6. The molecule has 0 aliphatic carbocycles. The number of nitrogens with zero attached hydrogens (tertiary/aromatic N) is 3. The largest absolute Gasteiger partial charge is 0.472 e. The third-order valence-corrected chi connectivity index (χ3v) is 4.32. The van der Waals surface area contributed by atoms with Crippen LogP contribution >= 0.6 is 11.6 Å². The predicted molar refractivity (Wildman–Crippen MR) is 88.2 cm³/mol. The number of hydrogen-bond acceptors (Lipinski definition) is 6. The molecule has 0 bridgehead atoms. The molecule has 0 saturated carbocycles. The highest BCUT2D eigenvalue weighted by Crippen LogP contribution is 2.15. The third-order valence-electron chi connectivity index (χ3n) is 4.11. The third kappa shape index (κ3) is 5.58. The van der Waals surface area contributed by atoms with Crippen molar-refractivity contribution >= 4 is 11.6 Å². The number of ether oxygens (including phenoxy) is 3. The molecule has 0 atom stereocenters. The summed E-state index contributed by atoms with van der Waals surface area (Å²) in [6, 6.07) is 5.48. The lowest BCUT2D eigenvalue weighted by atomic mass is 10.2. The first kappa shape index (κ1) is 16.9. The van der Waals surface area contributed by atoms with Crippen molar-refractivity contribution in [3.05, 3.63) is 23.4 Å². The molecule has 1 aromatic heterocycles. The number of pyridine rings is 1. The van der Waals surface area contributed by atoms with Crippen molar-refractivity contribution in [2.75, 3.05) is 65.7 Å². The maximum Gasteiger partial charge on any atom is 0.214 e. The maximum atomic E-state index is 6.14. The van der Waals surface area contributed by atoms with Gasteiger partial charge < -0.3 is 14.2 Å². The van der Waals surface area contributed by atoms with Gasteiger partial charge in [-0.2, -0.15) is 0 Å². The van der Waals surface area contributed by atoms with Gasteiger partial charge in [-0.15, -0.1) is 0 Å². The van der Waals surface area contributed by atoms with Gasteiger partial charge in [-0.1, -0.05) is 17.7 Å². The number of aromatic nitrogens is 1. The summed E-state index contributed by atoms with van der Waals surface area (Å²) < 4.78 is 17.0. The summed E-state index contributed by atoms with van der Waals surface area (Å²) in [6.45, 7) is 8.71. The Morgan fingerprint density at radius 2 is 1.57 bits per heavy atom. The zero-order valence-electron chi connectivity index (χ0n) is 13.3. The van der Waals surface area contributed by atoms with E-state index in [2.05, 4.69) is 14.8 Å². The van der Waals surface area contributed by atoms with Crippen molar-refractivity contribution in [2.24, 2.45) is 0 Å². The van der Waals surface area contributed by atoms with Crippen LogP contribution in [0.25, 0.3) is 0 Å². The number of hydrogen-bond donors (Lipinski definition) is 0. The van der Waals surface area contributed by atoms with Gasteiger partial charge in [0.2, 0.25) is 5.88 Å². The SMILES string of the molecule is Clc1cccc(OC(CN2CCOCC2)CN2CCOCC2)n1. The first-order valence-corrected chi connectivity index (χ1v) is 8.57. The Bertz CT molecular complexity index is 459. The van der Waals surface area contributed by atoms with Crippen LogP contribution in [0.1, 0.15) is 0 Å². The molecule has 0 aromatic carbocycles. The van der Waals surface area contributed by atoms with E-state index in [0.717, 1.165) is 65.7 Å². The van der Waals surface area contributed by atoms with Crippen LogP contribution in [0.2, 0.25) is 5.15 Å². The van der Waals surface area contributed by atoms with E-state index in [1.807, 2.05) is 12.1 Å². The Morgan fingerprint density at radius 3 is 2.09 bits per heavy atom. The van der Waals surface area contributed by atoms with E-state index in [1.165, 1.54) is 0 Å². The highest BCUT2D eigenvalue weighted by molar-refractivity contribution is 6.29. The summed E-state index contributed by atoms with van der Waals surface area (Å²) in [6.07, 6.45) is 0.0529. The molecule has 0 unspecified atom stereocenters. The summed E-state index contributed by atoms with van der Waals surface area (Å²) in [5, 5.41) is 0.457. The fourth-order valence-electron chi connectivity index (χ4n) is 2.90. The second-order valence-electron chi connectivity index (χ2n) is 5.86. The van der Waals surface area contributed by atoms with E-state index in [4.69, 9.17) is 25.8 Å². The summed E-state index contributed by atoms with van der Waals surface area (Å²) in [5.41, 5.74) is 0. The minimum absolute atomic E-state index is 0.0529. The molecule has 2 fully saturated rings. The van der Waals surface area contributed by atoms with Crippen molar-refractivity contribution in [2.45, 2.75) is 6.10 Å². The summed E-state index contributed by atoms with van der Waals surface area (Å²) >= 11 is 5.97. The molecule has 23 heavy (non-hydrogen) atoms. The maximum absolute atomic E-state index is 6.14. The Morgan fingerprint density at radius 1 is 1.00 bits per heavy atom. The first-order chi connectivity index (χ1) is 11.3. The fraction of sp³-hybridized carbons (Fsp3) is 0.688. The van der Waals surface area contributed by atoms with Gasteiger partial charge in [0.05, 0.1) is 26.4 Å². The van der Waals surface area contributed by atoms with Gasteiger partial charge >= 0.3 is 0 Å². The fourth-order valence-corrected chi connectivity index (χ4v) is 3.06. The van der Waals surface area contributed by atoms with Gasteiger partial charge in [-0.3, -0.25) is 9.80 Å². The van der Waals surface area contributed by atoms with Crippen LogP contribution in [0.5, 0.6) is 5.88 Å². The minimum atomic E-state index is 0.0529. The zero-order chi connectivity index (χ0) is 15.9. The first-order valence-electron chi connectivity index (χ1n) is 8.19. The normalized spacial score (nSPS) is 20.8. The molecule has 0 radical (unpaired) electrons. The van der Waals surface area contributed by atoms with Crippen LogP contribution in [0.4, 0.5) is 0 Å². The highest BCUT2D eigenvalue weighted by atomic mass is 35.5. The monoisotopic (exact) mass is 341 g/mol. The van der Waals surface area contributed by atoms with Crippen LogP contribution in [0.15, 0.2) is 18.2 Å². The second-order valence-corrected chi connectivity index (χ2v) is 6.25. The van der Waals surface area contributed by atoms with Gasteiger partial charge in [0.15, 0.2) is 0 Å². The molecule has 2 aliphatic rings. The summed E-state index contributed by atoms with van der Waals surface area (Å²) in [5.74, 6) is 0.587. The van der Waals surface area contributed by atoms with E-state index in [0.29, 0.717) is 11.0 Å². The van der Waals surface area contributed by atoms with E-state index in [1.54, 1.807) is 6.07 Å². The van der Waals surface area contributed by atoms with Gasteiger partial charge in [-0.25, -0.2) is 4.98 Å². The van der Waals surface area contributed by atoms with Crippen LogP contribution in [-0.4, -0.2) is 86.6 Å². The molecule has 0 N–H and O–H groups in total. The molecule has 7 heteroatoms. The van der Waals surface area contributed by atoms with Crippen molar-refractivity contribution in [1.82, 2.24) is 14.8 Å². The molecule has 2 saturated heterocycles. The summed E-state index contributed by atoms with van der Waals surface area (Å²) in [7, 11) is 0. The van der Waals surface area contributed by atoms with Crippen LogP contribution in [-0.2, 0) is 9.47 Å². The van der Waals surface area contributed by atoms with Gasteiger partial charge in [0.25, 0.3) is 0 Å². The topological polar surface area (TPSA) is 47.1 Å². The summed E-state index contributed by atoms with van der Waals surface area (Å²) in [4.78, 5) is 9.03. The predicted octanol–water partition coefficient (Wildman–Crippen LogP) is 1.15. The molecule has 0 spiro atoms. The van der Waals surface area contributed by atoms with Crippen molar-refractivity contribution in [1.29, 1.82) is 0 Å². The van der Waals surface area contributed by atoms with Crippen molar-refractivity contribution in [3.63, 3.8) is 0 Å². The van der Waals surface area contributed by atoms with Gasteiger partial charge in [0, 0.05) is 45.3 Å². The molecular formula is C16H24ClN3O3. The van der Waals surface area contributed by atoms with Crippen LogP contribution in [0, 0.1) is 0 Å². The molecule has 3 rings (SSSR count). The quantitative estimate of drug-likeness (QED) is 0.723. The van der Waals surface area contributed by atoms with Crippen molar-refractivity contribution in [3.8, 4) is 5.88 Å². The number of morpholine rings is 2. The van der Waals surface area contributed by atoms with Crippen molar-refractivity contribution < 1.29 is 14.2 Å². The van der Waals surface area contributed by atoms with E-state index in [-0.39, 0.29) is 6.10 Å². The van der Waals surface area contributed by atoms with E-state index >= 15 is 0 Å². The Balaban J connectivity index is 1.61. The molecule has 0 amide bonds. The van der Waals surface area contributed by atoms with Gasteiger partial charge in [0.1, 0.15) is 11.3 Å². The molecule has 6 nitrogen and oxygen atoms in total. The average molecular weight is 342 g/mol. The standard InChI is InChI=1S/C16H24ClN3O3/c17-15-2-1-3-16(18-15)23-14(12-19-4-8-21-9-5-19)13-20-6-10-22-11-7-20/h1-3,14H,4-13H2. The Hall–Kier alpha value is -0.920. The highest BCUT2D eigenvalue weighted by Gasteiger charge is 2.22. The molecule has 2 aliphatic heterocycles. The van der Waals surface area contributed by atoms with E-state index < -0.39 is 0 Å². The smallest absolute Gasteiger partial charge is 0.214 e. The molecular weight excluding hydrogens is 318 g/mol.